The highest BCUT2D eigenvalue weighted by Gasteiger charge is 2.31. The van der Waals surface area contributed by atoms with E-state index in [2.05, 4.69) is 12.2 Å². The molecule has 0 atom stereocenters. The van der Waals surface area contributed by atoms with Gasteiger partial charge in [0.15, 0.2) is 0 Å². The summed E-state index contributed by atoms with van der Waals surface area (Å²) in [6.07, 6.45) is 5.15. The van der Waals surface area contributed by atoms with Crippen LogP contribution in [-0.2, 0) is 14.8 Å². The van der Waals surface area contributed by atoms with E-state index in [1.54, 1.807) is 23.9 Å². The molecule has 0 aromatic heterocycles. The molecular formula is C17H26N2O3S2. The summed E-state index contributed by atoms with van der Waals surface area (Å²) in [7, 11) is -3.46. The average molecular weight is 371 g/mol. The van der Waals surface area contributed by atoms with Gasteiger partial charge in [-0.05, 0) is 49.8 Å². The number of carbonyl (C=O) groups is 1. The molecule has 24 heavy (non-hydrogen) atoms. The maximum atomic E-state index is 12.7. The van der Waals surface area contributed by atoms with Crippen molar-refractivity contribution < 1.29 is 13.2 Å². The van der Waals surface area contributed by atoms with Gasteiger partial charge in [-0.25, -0.2) is 8.42 Å². The van der Waals surface area contributed by atoms with Crippen LogP contribution in [0, 0.1) is 5.92 Å². The fourth-order valence-electron chi connectivity index (χ4n) is 2.79. The quantitative estimate of drug-likeness (QED) is 0.592. The zero-order valence-electron chi connectivity index (χ0n) is 14.3. The van der Waals surface area contributed by atoms with Gasteiger partial charge in [0.25, 0.3) is 0 Å². The van der Waals surface area contributed by atoms with Crippen LogP contribution in [-0.4, -0.2) is 44.5 Å². The summed E-state index contributed by atoms with van der Waals surface area (Å²) in [4.78, 5) is 13.5. The summed E-state index contributed by atoms with van der Waals surface area (Å²) in [5, 5.41) is 2.94. The Hall–Kier alpha value is -1.05. The Kier molecular flexibility index (Phi) is 7.13. The summed E-state index contributed by atoms with van der Waals surface area (Å²) in [6.45, 7) is 3.59. The highest BCUT2D eigenvalue weighted by molar-refractivity contribution is 7.98. The van der Waals surface area contributed by atoms with Crippen molar-refractivity contribution in [2.45, 2.75) is 42.4 Å². The molecule has 1 aliphatic heterocycles. The molecule has 0 bridgehead atoms. The number of unbranched alkanes of at least 4 members (excludes halogenated alkanes) is 1. The third-order valence-electron chi connectivity index (χ3n) is 4.35. The first-order valence-corrected chi connectivity index (χ1v) is 11.1. The van der Waals surface area contributed by atoms with E-state index in [-0.39, 0.29) is 11.8 Å². The number of piperidine rings is 1. The van der Waals surface area contributed by atoms with Gasteiger partial charge in [0.1, 0.15) is 0 Å². The number of amides is 1. The largest absolute Gasteiger partial charge is 0.356 e. The molecule has 0 unspecified atom stereocenters. The highest BCUT2D eigenvalue weighted by Crippen LogP contribution is 2.25. The van der Waals surface area contributed by atoms with Crippen LogP contribution in [0.2, 0.25) is 0 Å². The Morgan fingerprint density at radius 1 is 1.25 bits per heavy atom. The number of carbonyl (C=O) groups excluding carboxylic acids is 1. The van der Waals surface area contributed by atoms with Crippen LogP contribution in [0.25, 0.3) is 0 Å². The van der Waals surface area contributed by atoms with E-state index in [0.717, 1.165) is 17.7 Å². The Morgan fingerprint density at radius 3 is 2.42 bits per heavy atom. The lowest BCUT2D eigenvalue weighted by Gasteiger charge is -2.30. The number of benzene rings is 1. The summed E-state index contributed by atoms with van der Waals surface area (Å²) in [5.41, 5.74) is 0. The van der Waals surface area contributed by atoms with E-state index >= 15 is 0 Å². The Morgan fingerprint density at radius 2 is 1.88 bits per heavy atom. The van der Waals surface area contributed by atoms with E-state index in [4.69, 9.17) is 0 Å². The summed E-state index contributed by atoms with van der Waals surface area (Å²) < 4.78 is 26.9. The minimum atomic E-state index is -3.46. The van der Waals surface area contributed by atoms with Crippen LogP contribution in [0.4, 0.5) is 0 Å². The number of hydrogen-bond donors (Lipinski definition) is 1. The lowest BCUT2D eigenvalue weighted by Crippen LogP contribution is -2.43. The van der Waals surface area contributed by atoms with Gasteiger partial charge in [-0.3, -0.25) is 4.79 Å². The van der Waals surface area contributed by atoms with Gasteiger partial charge >= 0.3 is 0 Å². The van der Waals surface area contributed by atoms with Crippen molar-refractivity contribution in [1.29, 1.82) is 0 Å². The van der Waals surface area contributed by atoms with E-state index in [1.165, 1.54) is 4.31 Å². The first-order valence-electron chi connectivity index (χ1n) is 8.41. The molecular weight excluding hydrogens is 344 g/mol. The van der Waals surface area contributed by atoms with Crippen molar-refractivity contribution >= 4 is 27.7 Å². The lowest BCUT2D eigenvalue weighted by atomic mass is 9.97. The number of rotatable bonds is 7. The smallest absolute Gasteiger partial charge is 0.243 e. The first-order chi connectivity index (χ1) is 11.5. The number of thioether (sulfide) groups is 1. The van der Waals surface area contributed by atoms with Crippen molar-refractivity contribution in [3.63, 3.8) is 0 Å². The molecule has 7 heteroatoms. The number of nitrogens with one attached hydrogen (secondary N) is 1. The van der Waals surface area contributed by atoms with E-state index < -0.39 is 10.0 Å². The molecule has 1 amide bonds. The van der Waals surface area contributed by atoms with Crippen molar-refractivity contribution in [3.8, 4) is 0 Å². The van der Waals surface area contributed by atoms with Crippen LogP contribution >= 0.6 is 11.8 Å². The molecule has 2 rings (SSSR count). The van der Waals surface area contributed by atoms with Crippen molar-refractivity contribution in [2.24, 2.45) is 5.92 Å². The molecule has 1 saturated heterocycles. The predicted molar refractivity (Wildman–Crippen MR) is 97.6 cm³/mol. The van der Waals surface area contributed by atoms with Gasteiger partial charge in [0.05, 0.1) is 4.90 Å². The van der Waals surface area contributed by atoms with Gasteiger partial charge in [0.2, 0.25) is 15.9 Å². The number of nitrogens with zero attached hydrogens (tertiary/aromatic N) is 1. The molecule has 0 aliphatic carbocycles. The maximum Gasteiger partial charge on any atom is 0.243 e. The molecule has 0 radical (unpaired) electrons. The second kappa shape index (κ2) is 8.87. The van der Waals surface area contributed by atoms with Crippen molar-refractivity contribution in [3.05, 3.63) is 24.3 Å². The molecule has 5 nitrogen and oxygen atoms in total. The minimum Gasteiger partial charge on any atom is -0.356 e. The second-order valence-corrected chi connectivity index (χ2v) is 8.82. The third-order valence-corrected chi connectivity index (χ3v) is 7.01. The SMILES string of the molecule is CCCCNC(=O)C1CCN(S(=O)(=O)c2ccc(SC)cc2)CC1. The van der Waals surface area contributed by atoms with E-state index in [0.29, 0.717) is 37.4 Å². The third kappa shape index (κ3) is 4.74. The highest BCUT2D eigenvalue weighted by atomic mass is 32.2. The summed E-state index contributed by atoms with van der Waals surface area (Å²) in [6, 6.07) is 6.96. The molecule has 0 saturated carbocycles. The van der Waals surface area contributed by atoms with Gasteiger partial charge in [-0.1, -0.05) is 13.3 Å². The molecule has 0 spiro atoms. The van der Waals surface area contributed by atoms with Gasteiger partial charge in [-0.2, -0.15) is 4.31 Å². The van der Waals surface area contributed by atoms with Gasteiger partial charge in [0, 0.05) is 30.4 Å². The van der Waals surface area contributed by atoms with Crippen LogP contribution in [0.3, 0.4) is 0 Å². The average Bonchev–Trinajstić information content (AvgIpc) is 2.62. The standard InChI is InChI=1S/C17H26N2O3S2/c1-3-4-11-18-17(20)14-9-12-19(13-10-14)24(21,22)16-7-5-15(23-2)6-8-16/h5-8,14H,3-4,9-13H2,1-2H3,(H,18,20). The number of sulfonamides is 1. The van der Waals surface area contributed by atoms with E-state index in [9.17, 15) is 13.2 Å². The molecule has 1 fully saturated rings. The zero-order valence-corrected chi connectivity index (χ0v) is 16.0. The molecule has 1 heterocycles. The molecule has 1 N–H and O–H groups in total. The normalized spacial score (nSPS) is 16.9. The molecule has 1 aromatic carbocycles. The molecule has 134 valence electrons. The van der Waals surface area contributed by atoms with Crippen molar-refractivity contribution in [2.75, 3.05) is 25.9 Å². The van der Waals surface area contributed by atoms with Crippen LogP contribution in [0.5, 0.6) is 0 Å². The van der Waals surface area contributed by atoms with Crippen LogP contribution < -0.4 is 5.32 Å². The predicted octanol–water partition coefficient (Wildman–Crippen LogP) is 2.73. The van der Waals surface area contributed by atoms with Crippen molar-refractivity contribution in [1.82, 2.24) is 9.62 Å². The number of hydrogen-bond acceptors (Lipinski definition) is 4. The first kappa shape index (κ1) is 19.3. The zero-order chi connectivity index (χ0) is 17.6. The Bertz CT molecular complexity index is 636. The topological polar surface area (TPSA) is 66.5 Å². The fraction of sp³-hybridized carbons (Fsp3) is 0.588. The molecule has 1 aromatic rings. The monoisotopic (exact) mass is 370 g/mol. The summed E-state index contributed by atoms with van der Waals surface area (Å²) in [5.74, 6) is -0.0167. The Labute approximate surface area is 149 Å². The van der Waals surface area contributed by atoms with E-state index in [1.807, 2.05) is 18.4 Å². The lowest BCUT2D eigenvalue weighted by molar-refractivity contribution is -0.126. The van der Waals surface area contributed by atoms with Crippen LogP contribution in [0.15, 0.2) is 34.1 Å². The maximum absolute atomic E-state index is 12.7. The Balaban J connectivity index is 1.94. The van der Waals surface area contributed by atoms with Gasteiger partial charge in [-0.15, -0.1) is 11.8 Å². The van der Waals surface area contributed by atoms with Gasteiger partial charge < -0.3 is 5.32 Å². The van der Waals surface area contributed by atoms with Crippen LogP contribution in [0.1, 0.15) is 32.6 Å². The second-order valence-electron chi connectivity index (χ2n) is 6.00. The summed E-state index contributed by atoms with van der Waals surface area (Å²) >= 11 is 1.58. The molecule has 1 aliphatic rings. The minimum absolute atomic E-state index is 0.0600. The fourth-order valence-corrected chi connectivity index (χ4v) is 4.67.